The summed E-state index contributed by atoms with van der Waals surface area (Å²) in [5.74, 6) is 0.754. The minimum Gasteiger partial charge on any atom is -0.445 e. The van der Waals surface area contributed by atoms with Crippen molar-refractivity contribution < 1.29 is 13.9 Å². The first-order chi connectivity index (χ1) is 13.1. The summed E-state index contributed by atoms with van der Waals surface area (Å²) < 4.78 is 11.0. The summed E-state index contributed by atoms with van der Waals surface area (Å²) in [4.78, 5) is 19.0. The molecule has 6 nitrogen and oxygen atoms in total. The molecule has 27 heavy (non-hydrogen) atoms. The highest BCUT2D eigenvalue weighted by molar-refractivity contribution is 6.30. The highest BCUT2D eigenvalue weighted by Gasteiger charge is 2.29. The van der Waals surface area contributed by atoms with E-state index in [-0.39, 0.29) is 12.0 Å². The van der Waals surface area contributed by atoms with Gasteiger partial charge in [-0.3, -0.25) is 4.79 Å². The molecular formula is C20H24ClN3O3. The van der Waals surface area contributed by atoms with E-state index in [1.165, 1.54) is 17.6 Å². The van der Waals surface area contributed by atoms with Gasteiger partial charge >= 0.3 is 0 Å². The first-order valence-electron chi connectivity index (χ1n) is 9.46. The van der Waals surface area contributed by atoms with E-state index in [2.05, 4.69) is 22.1 Å². The lowest BCUT2D eigenvalue weighted by Crippen LogP contribution is -2.32. The molecule has 0 saturated carbocycles. The van der Waals surface area contributed by atoms with Crippen LogP contribution in [0.2, 0.25) is 5.02 Å². The summed E-state index contributed by atoms with van der Waals surface area (Å²) >= 11 is 6.15. The largest absolute Gasteiger partial charge is 0.445 e. The summed E-state index contributed by atoms with van der Waals surface area (Å²) in [6, 6.07) is 5.98. The molecule has 2 saturated heterocycles. The minimum absolute atomic E-state index is 0.152. The van der Waals surface area contributed by atoms with Gasteiger partial charge in [-0.15, -0.1) is 0 Å². The van der Waals surface area contributed by atoms with Gasteiger partial charge in [-0.2, -0.15) is 0 Å². The van der Waals surface area contributed by atoms with Crippen LogP contribution in [0.15, 0.2) is 29.0 Å². The van der Waals surface area contributed by atoms with Gasteiger partial charge in [0.1, 0.15) is 6.10 Å². The third-order valence-electron chi connectivity index (χ3n) is 5.38. The molecule has 1 aromatic heterocycles. The van der Waals surface area contributed by atoms with Crippen molar-refractivity contribution in [3.8, 4) is 0 Å². The van der Waals surface area contributed by atoms with Gasteiger partial charge in [0.2, 0.25) is 0 Å². The number of carbonyl (C=O) groups excluding carboxylic acids is 1. The number of nitrogens with one attached hydrogen (secondary N) is 1. The van der Waals surface area contributed by atoms with Crippen LogP contribution < -0.4 is 10.2 Å². The Morgan fingerprint density at radius 2 is 2.30 bits per heavy atom. The van der Waals surface area contributed by atoms with E-state index >= 15 is 0 Å². The second-order valence-electron chi connectivity index (χ2n) is 7.31. The van der Waals surface area contributed by atoms with E-state index in [1.807, 2.05) is 18.2 Å². The normalized spacial score (nSPS) is 22.4. The zero-order chi connectivity index (χ0) is 18.8. The fourth-order valence-corrected chi connectivity index (χ4v) is 4.07. The second-order valence-corrected chi connectivity index (χ2v) is 7.74. The zero-order valence-electron chi connectivity index (χ0n) is 15.4. The Bertz CT molecular complexity index is 817. The van der Waals surface area contributed by atoms with Gasteiger partial charge in [0, 0.05) is 37.0 Å². The van der Waals surface area contributed by atoms with Crippen LogP contribution in [0.25, 0.3) is 0 Å². The first-order valence-corrected chi connectivity index (χ1v) is 9.84. The Kier molecular flexibility index (Phi) is 5.36. The third kappa shape index (κ3) is 3.96. The minimum atomic E-state index is -0.188. The standard InChI is InChI=1S/C20H24ClN3O3/c1-13-4-5-15(21)9-16(13)24-7-6-14(11-24)10-22-20(25)18-19(27-12-23-18)17-3-2-8-26-17/h4-5,9,12,14,17H,2-3,6-8,10-11H2,1H3,(H,22,25)/t14-,17+/m0/s1. The van der Waals surface area contributed by atoms with Gasteiger partial charge < -0.3 is 19.4 Å². The van der Waals surface area contributed by atoms with Gasteiger partial charge in [0.05, 0.1) is 0 Å². The van der Waals surface area contributed by atoms with Crippen molar-refractivity contribution in [3.05, 3.63) is 46.6 Å². The lowest BCUT2D eigenvalue weighted by molar-refractivity contribution is 0.0859. The molecule has 0 bridgehead atoms. The number of nitrogens with zero attached hydrogens (tertiary/aromatic N) is 2. The SMILES string of the molecule is Cc1ccc(Cl)cc1N1CC[C@@H](CNC(=O)c2ncoc2[C@H]2CCCO2)C1. The molecule has 0 radical (unpaired) electrons. The Balaban J connectivity index is 1.34. The third-order valence-corrected chi connectivity index (χ3v) is 5.62. The van der Waals surface area contributed by atoms with Crippen molar-refractivity contribution >= 4 is 23.2 Å². The highest BCUT2D eigenvalue weighted by atomic mass is 35.5. The summed E-state index contributed by atoms with van der Waals surface area (Å²) in [5, 5.41) is 3.77. The number of amides is 1. The van der Waals surface area contributed by atoms with Crippen molar-refractivity contribution in [2.75, 3.05) is 31.1 Å². The number of aryl methyl sites for hydroxylation is 1. The number of hydrogen-bond acceptors (Lipinski definition) is 5. The molecule has 2 aliphatic heterocycles. The molecule has 144 valence electrons. The molecule has 3 heterocycles. The molecule has 2 aliphatic rings. The molecule has 2 fully saturated rings. The van der Waals surface area contributed by atoms with Crippen LogP contribution in [0.4, 0.5) is 5.69 Å². The number of hydrogen-bond donors (Lipinski definition) is 1. The van der Waals surface area contributed by atoms with Crippen LogP contribution in [0.1, 0.15) is 47.2 Å². The lowest BCUT2D eigenvalue weighted by atomic mass is 10.1. The smallest absolute Gasteiger partial charge is 0.273 e. The molecule has 1 amide bonds. The molecule has 1 aromatic carbocycles. The van der Waals surface area contributed by atoms with Crippen LogP contribution >= 0.6 is 11.6 Å². The number of benzene rings is 1. The van der Waals surface area contributed by atoms with E-state index in [0.29, 0.717) is 30.5 Å². The molecule has 7 heteroatoms. The summed E-state index contributed by atoms with van der Waals surface area (Å²) in [7, 11) is 0. The van der Waals surface area contributed by atoms with Crippen LogP contribution in [0, 0.1) is 12.8 Å². The van der Waals surface area contributed by atoms with Crippen molar-refractivity contribution in [3.63, 3.8) is 0 Å². The second kappa shape index (κ2) is 7.90. The van der Waals surface area contributed by atoms with E-state index < -0.39 is 0 Å². The first kappa shape index (κ1) is 18.3. The molecule has 4 rings (SSSR count). The molecule has 0 unspecified atom stereocenters. The van der Waals surface area contributed by atoms with Crippen molar-refractivity contribution in [1.82, 2.24) is 10.3 Å². The maximum atomic E-state index is 12.6. The predicted molar refractivity (Wildman–Crippen MR) is 103 cm³/mol. The number of ether oxygens (including phenoxy) is 1. The van der Waals surface area contributed by atoms with E-state index in [9.17, 15) is 4.79 Å². The van der Waals surface area contributed by atoms with E-state index in [1.54, 1.807) is 0 Å². The van der Waals surface area contributed by atoms with E-state index in [0.717, 1.165) is 37.4 Å². The number of oxazole rings is 1. The average Bonchev–Trinajstić information content (AvgIpc) is 3.41. The predicted octanol–water partition coefficient (Wildman–Crippen LogP) is 3.74. The quantitative estimate of drug-likeness (QED) is 0.843. The van der Waals surface area contributed by atoms with Crippen LogP contribution in [-0.4, -0.2) is 37.1 Å². The van der Waals surface area contributed by atoms with Crippen LogP contribution in [-0.2, 0) is 4.74 Å². The maximum Gasteiger partial charge on any atom is 0.273 e. The van der Waals surface area contributed by atoms with Crippen molar-refractivity contribution in [1.29, 1.82) is 0 Å². The number of carbonyl (C=O) groups is 1. The Morgan fingerprint density at radius 3 is 3.11 bits per heavy atom. The molecule has 0 aliphatic carbocycles. The summed E-state index contributed by atoms with van der Waals surface area (Å²) in [5.41, 5.74) is 2.74. The molecule has 2 aromatic rings. The van der Waals surface area contributed by atoms with Gasteiger partial charge in [-0.1, -0.05) is 17.7 Å². The van der Waals surface area contributed by atoms with Crippen LogP contribution in [0.3, 0.4) is 0 Å². The Morgan fingerprint density at radius 1 is 1.41 bits per heavy atom. The van der Waals surface area contributed by atoms with Crippen molar-refractivity contribution in [2.24, 2.45) is 5.92 Å². The lowest BCUT2D eigenvalue weighted by Gasteiger charge is -2.21. The number of anilines is 1. The fraction of sp³-hybridized carbons (Fsp3) is 0.500. The Labute approximate surface area is 163 Å². The van der Waals surface area contributed by atoms with Gasteiger partial charge in [-0.05, 0) is 49.8 Å². The molecular weight excluding hydrogens is 366 g/mol. The van der Waals surface area contributed by atoms with Gasteiger partial charge in [0.15, 0.2) is 17.8 Å². The summed E-state index contributed by atoms with van der Waals surface area (Å²) in [6.07, 6.45) is 4.05. The molecule has 1 N–H and O–H groups in total. The maximum absolute atomic E-state index is 12.6. The topological polar surface area (TPSA) is 67.6 Å². The summed E-state index contributed by atoms with van der Waals surface area (Å²) in [6.45, 7) is 5.28. The monoisotopic (exact) mass is 389 g/mol. The fourth-order valence-electron chi connectivity index (χ4n) is 3.90. The van der Waals surface area contributed by atoms with Crippen molar-refractivity contribution in [2.45, 2.75) is 32.3 Å². The van der Waals surface area contributed by atoms with Crippen LogP contribution in [0.5, 0.6) is 0 Å². The zero-order valence-corrected chi connectivity index (χ0v) is 16.2. The Hall–Kier alpha value is -2.05. The molecule has 2 atom stereocenters. The van der Waals surface area contributed by atoms with E-state index in [4.69, 9.17) is 20.8 Å². The number of rotatable bonds is 5. The number of halogens is 1. The number of aromatic nitrogens is 1. The molecule has 0 spiro atoms. The average molecular weight is 390 g/mol. The highest BCUT2D eigenvalue weighted by Crippen LogP contribution is 2.31. The van der Waals surface area contributed by atoms with Gasteiger partial charge in [0.25, 0.3) is 5.91 Å². The van der Waals surface area contributed by atoms with Gasteiger partial charge in [-0.25, -0.2) is 4.98 Å².